The number of carbonyl (C=O) groups excluding carboxylic acids is 1. The van der Waals surface area contributed by atoms with Crippen molar-refractivity contribution >= 4 is 35.8 Å². The fourth-order valence-electron chi connectivity index (χ4n) is 2.88. The van der Waals surface area contributed by atoms with E-state index in [1.165, 1.54) is 6.07 Å². The molecule has 1 saturated carbocycles. The Morgan fingerprint density at radius 3 is 2.41 bits per heavy atom. The summed E-state index contributed by atoms with van der Waals surface area (Å²) in [5.74, 6) is 0.489. The lowest BCUT2D eigenvalue weighted by molar-refractivity contribution is -0.128. The Balaban J connectivity index is 0.00000364. The number of amides is 1. The molecule has 0 saturated heterocycles. The lowest BCUT2D eigenvalue weighted by Crippen LogP contribution is -2.43. The molecule has 1 aliphatic rings. The normalized spacial score (nSPS) is 15.5. The van der Waals surface area contributed by atoms with Crippen molar-refractivity contribution in [2.24, 2.45) is 10.4 Å². The van der Waals surface area contributed by atoms with Crippen LogP contribution in [0.25, 0.3) is 0 Å². The second kappa shape index (κ2) is 10.2. The van der Waals surface area contributed by atoms with Crippen LogP contribution in [0.1, 0.15) is 46.1 Å². The third-order valence-electron chi connectivity index (χ3n) is 4.81. The zero-order chi connectivity index (χ0) is 19.2. The zero-order valence-corrected chi connectivity index (χ0v) is 19.0. The van der Waals surface area contributed by atoms with Gasteiger partial charge in [0.1, 0.15) is 5.82 Å². The molecule has 0 bridgehead atoms. The first-order valence-electron chi connectivity index (χ1n) is 9.39. The van der Waals surface area contributed by atoms with E-state index in [4.69, 9.17) is 0 Å². The van der Waals surface area contributed by atoms with Crippen LogP contribution < -0.4 is 16.0 Å². The van der Waals surface area contributed by atoms with Gasteiger partial charge < -0.3 is 16.0 Å². The Hall–Kier alpha value is -1.38. The standard InChI is InChI=1S/C20H31FN4O.HI/c1-5-22-17(26)19(3,4)13-24-18(23-6-2)25-14-20(10-11-20)15-8-7-9-16(21)12-15;/h7-9,12H,5-6,10-11,13-14H2,1-4H3,(H,22,26)(H2,23,24,25);1H. The van der Waals surface area contributed by atoms with Crippen molar-refractivity contribution < 1.29 is 9.18 Å². The maximum absolute atomic E-state index is 13.5. The van der Waals surface area contributed by atoms with E-state index in [0.29, 0.717) is 25.6 Å². The van der Waals surface area contributed by atoms with Crippen molar-refractivity contribution in [1.29, 1.82) is 0 Å². The second-order valence-electron chi connectivity index (χ2n) is 7.58. The van der Waals surface area contributed by atoms with Gasteiger partial charge in [-0.05, 0) is 58.2 Å². The number of carbonyl (C=O) groups is 1. The molecule has 1 amide bonds. The Morgan fingerprint density at radius 2 is 1.85 bits per heavy atom. The van der Waals surface area contributed by atoms with E-state index in [9.17, 15) is 9.18 Å². The maximum Gasteiger partial charge on any atom is 0.227 e. The third-order valence-corrected chi connectivity index (χ3v) is 4.81. The Labute approximate surface area is 179 Å². The van der Waals surface area contributed by atoms with Gasteiger partial charge in [0.2, 0.25) is 5.91 Å². The summed E-state index contributed by atoms with van der Waals surface area (Å²) in [5.41, 5.74) is 0.439. The van der Waals surface area contributed by atoms with Gasteiger partial charge in [0.25, 0.3) is 0 Å². The van der Waals surface area contributed by atoms with E-state index in [0.717, 1.165) is 24.9 Å². The number of rotatable bonds is 8. The van der Waals surface area contributed by atoms with E-state index in [1.54, 1.807) is 12.1 Å². The third kappa shape index (κ3) is 6.62. The molecule has 2 rings (SSSR count). The SMILES string of the molecule is CCNC(=O)C(C)(C)CN=C(NCC)NCC1(c2cccc(F)c2)CC1.I. The van der Waals surface area contributed by atoms with E-state index in [-0.39, 0.29) is 41.1 Å². The molecule has 0 heterocycles. The van der Waals surface area contributed by atoms with Gasteiger partial charge in [-0.15, -0.1) is 24.0 Å². The number of guanidine groups is 1. The highest BCUT2D eigenvalue weighted by atomic mass is 127. The van der Waals surface area contributed by atoms with Gasteiger partial charge in [0, 0.05) is 25.0 Å². The number of hydrogen-bond acceptors (Lipinski definition) is 2. The summed E-state index contributed by atoms with van der Waals surface area (Å²) >= 11 is 0. The van der Waals surface area contributed by atoms with Crippen LogP contribution in [-0.2, 0) is 10.2 Å². The molecule has 1 aromatic rings. The van der Waals surface area contributed by atoms with E-state index in [1.807, 2.05) is 33.8 Å². The van der Waals surface area contributed by atoms with Crippen molar-refractivity contribution in [3.05, 3.63) is 35.6 Å². The van der Waals surface area contributed by atoms with E-state index in [2.05, 4.69) is 20.9 Å². The van der Waals surface area contributed by atoms with Crippen LogP contribution in [0.2, 0.25) is 0 Å². The molecule has 0 aromatic heterocycles. The first-order valence-corrected chi connectivity index (χ1v) is 9.39. The van der Waals surface area contributed by atoms with Gasteiger partial charge in [-0.3, -0.25) is 9.79 Å². The topological polar surface area (TPSA) is 65.5 Å². The molecule has 0 atom stereocenters. The quantitative estimate of drug-likeness (QED) is 0.298. The van der Waals surface area contributed by atoms with Crippen LogP contribution in [-0.4, -0.2) is 38.0 Å². The highest BCUT2D eigenvalue weighted by Gasteiger charge is 2.44. The summed E-state index contributed by atoms with van der Waals surface area (Å²) in [7, 11) is 0. The van der Waals surface area contributed by atoms with Gasteiger partial charge in [-0.2, -0.15) is 0 Å². The van der Waals surface area contributed by atoms with Crippen molar-refractivity contribution in [1.82, 2.24) is 16.0 Å². The molecule has 0 radical (unpaired) electrons. The van der Waals surface area contributed by atoms with Gasteiger partial charge >= 0.3 is 0 Å². The molecule has 1 aromatic carbocycles. The number of nitrogens with one attached hydrogen (secondary N) is 3. The largest absolute Gasteiger partial charge is 0.357 e. The first-order chi connectivity index (χ1) is 12.3. The molecule has 0 spiro atoms. The van der Waals surface area contributed by atoms with Crippen molar-refractivity contribution in [3.63, 3.8) is 0 Å². The van der Waals surface area contributed by atoms with Crippen molar-refractivity contribution in [3.8, 4) is 0 Å². The van der Waals surface area contributed by atoms with Crippen LogP contribution in [0.15, 0.2) is 29.3 Å². The summed E-state index contributed by atoms with van der Waals surface area (Å²) in [6.07, 6.45) is 2.07. The summed E-state index contributed by atoms with van der Waals surface area (Å²) in [6, 6.07) is 6.85. The average molecular weight is 490 g/mol. The number of aliphatic imine (C=N–C) groups is 1. The maximum atomic E-state index is 13.5. The minimum Gasteiger partial charge on any atom is -0.357 e. The fourth-order valence-corrected chi connectivity index (χ4v) is 2.88. The second-order valence-corrected chi connectivity index (χ2v) is 7.58. The van der Waals surface area contributed by atoms with Crippen LogP contribution >= 0.6 is 24.0 Å². The van der Waals surface area contributed by atoms with Crippen molar-refractivity contribution in [2.45, 2.75) is 46.0 Å². The molecule has 0 unspecified atom stereocenters. The molecular formula is C20H32FIN4O. The van der Waals surface area contributed by atoms with Crippen LogP contribution in [0, 0.1) is 11.2 Å². The minimum atomic E-state index is -0.571. The number of nitrogens with zero attached hydrogens (tertiary/aromatic N) is 1. The number of hydrogen-bond donors (Lipinski definition) is 3. The van der Waals surface area contributed by atoms with E-state index < -0.39 is 5.41 Å². The molecule has 0 aliphatic heterocycles. The summed E-state index contributed by atoms with van der Waals surface area (Å²) in [5, 5.41) is 9.44. The Morgan fingerprint density at radius 1 is 1.19 bits per heavy atom. The predicted octanol–water partition coefficient (Wildman–Crippen LogP) is 3.19. The lowest BCUT2D eigenvalue weighted by Gasteiger charge is -2.23. The summed E-state index contributed by atoms with van der Waals surface area (Å²) < 4.78 is 13.5. The predicted molar refractivity (Wildman–Crippen MR) is 119 cm³/mol. The van der Waals surface area contributed by atoms with Gasteiger partial charge in [-0.25, -0.2) is 4.39 Å². The van der Waals surface area contributed by atoms with Crippen LogP contribution in [0.5, 0.6) is 0 Å². The molecule has 1 fully saturated rings. The smallest absolute Gasteiger partial charge is 0.227 e. The molecular weight excluding hydrogens is 458 g/mol. The molecule has 1 aliphatic carbocycles. The van der Waals surface area contributed by atoms with Crippen molar-refractivity contribution in [2.75, 3.05) is 26.2 Å². The number of halogens is 2. The van der Waals surface area contributed by atoms with Gasteiger partial charge in [-0.1, -0.05) is 12.1 Å². The highest BCUT2D eigenvalue weighted by Crippen LogP contribution is 2.47. The average Bonchev–Trinajstić information content (AvgIpc) is 3.39. The monoisotopic (exact) mass is 490 g/mol. The Kier molecular flexibility index (Phi) is 8.98. The number of benzene rings is 1. The highest BCUT2D eigenvalue weighted by molar-refractivity contribution is 14.0. The van der Waals surface area contributed by atoms with E-state index >= 15 is 0 Å². The molecule has 3 N–H and O–H groups in total. The Bertz CT molecular complexity index is 659. The van der Waals surface area contributed by atoms with Gasteiger partial charge in [0.15, 0.2) is 5.96 Å². The molecule has 152 valence electrons. The van der Waals surface area contributed by atoms with Gasteiger partial charge in [0.05, 0.1) is 12.0 Å². The molecule has 5 nitrogen and oxygen atoms in total. The lowest BCUT2D eigenvalue weighted by atomic mass is 9.92. The fraction of sp³-hybridized carbons (Fsp3) is 0.600. The first kappa shape index (κ1) is 23.7. The zero-order valence-electron chi connectivity index (χ0n) is 16.7. The van der Waals surface area contributed by atoms with Crippen LogP contribution in [0.4, 0.5) is 4.39 Å². The summed E-state index contributed by atoms with van der Waals surface area (Å²) in [6.45, 7) is 10.1. The summed E-state index contributed by atoms with van der Waals surface area (Å²) in [4.78, 5) is 16.7. The molecule has 7 heteroatoms. The molecule has 27 heavy (non-hydrogen) atoms. The minimum absolute atomic E-state index is 0. The van der Waals surface area contributed by atoms with Crippen LogP contribution in [0.3, 0.4) is 0 Å².